The predicted molar refractivity (Wildman–Crippen MR) is 90.1 cm³/mol. The van der Waals surface area contributed by atoms with Gasteiger partial charge in [-0.3, -0.25) is 4.79 Å². The minimum atomic E-state index is -0.600. The lowest BCUT2D eigenvalue weighted by atomic mass is 9.72. The first kappa shape index (κ1) is 17.3. The summed E-state index contributed by atoms with van der Waals surface area (Å²) in [5.41, 5.74) is 6.37. The van der Waals surface area contributed by atoms with Crippen molar-refractivity contribution >= 4 is 11.9 Å². The number of hydrogen-bond acceptors (Lipinski definition) is 3. The lowest BCUT2D eigenvalue weighted by molar-refractivity contribution is -0.121. The fraction of sp³-hybridized carbons (Fsp3) is 0.529. The van der Waals surface area contributed by atoms with E-state index in [1.807, 2.05) is 18.2 Å². The van der Waals surface area contributed by atoms with E-state index >= 15 is 0 Å². The van der Waals surface area contributed by atoms with Crippen LogP contribution in [-0.4, -0.2) is 62.0 Å². The van der Waals surface area contributed by atoms with Gasteiger partial charge in [0.15, 0.2) is 0 Å². The van der Waals surface area contributed by atoms with Gasteiger partial charge in [-0.15, -0.1) is 0 Å². The molecule has 1 fully saturated rings. The Kier molecular flexibility index (Phi) is 5.60. The van der Waals surface area contributed by atoms with Crippen LogP contribution in [-0.2, 0) is 10.2 Å². The molecule has 1 aromatic carbocycles. The largest absolute Gasteiger partial charge is 0.354 e. The molecule has 0 saturated carbocycles. The SMILES string of the molecule is CN1CCC(CNC(=O)CN(C)C(N)=O)(c2ccccc2)CC1. The average Bonchev–Trinajstić information content (AvgIpc) is 2.55. The quantitative estimate of drug-likeness (QED) is 0.842. The second kappa shape index (κ2) is 7.46. The van der Waals surface area contributed by atoms with Crippen molar-refractivity contribution < 1.29 is 9.59 Å². The van der Waals surface area contributed by atoms with Crippen molar-refractivity contribution in [3.63, 3.8) is 0 Å². The molecular formula is C17H26N4O2. The second-order valence-electron chi connectivity index (χ2n) is 6.42. The molecular weight excluding hydrogens is 292 g/mol. The minimum Gasteiger partial charge on any atom is -0.354 e. The van der Waals surface area contributed by atoms with Crippen LogP contribution in [0.4, 0.5) is 4.79 Å². The van der Waals surface area contributed by atoms with Gasteiger partial charge in [0.1, 0.15) is 6.54 Å². The van der Waals surface area contributed by atoms with Crippen molar-refractivity contribution in [3.05, 3.63) is 35.9 Å². The van der Waals surface area contributed by atoms with Crippen LogP contribution in [0.15, 0.2) is 30.3 Å². The van der Waals surface area contributed by atoms with Crippen molar-refractivity contribution in [1.29, 1.82) is 0 Å². The zero-order valence-corrected chi connectivity index (χ0v) is 13.9. The Balaban J connectivity index is 2.04. The van der Waals surface area contributed by atoms with E-state index in [0.717, 1.165) is 25.9 Å². The molecule has 3 amide bonds. The zero-order valence-electron chi connectivity index (χ0n) is 13.9. The Morgan fingerprint density at radius 3 is 2.43 bits per heavy atom. The summed E-state index contributed by atoms with van der Waals surface area (Å²) in [5, 5.41) is 2.99. The van der Waals surface area contributed by atoms with Crippen LogP contribution in [0.5, 0.6) is 0 Å². The summed E-state index contributed by atoms with van der Waals surface area (Å²) < 4.78 is 0. The van der Waals surface area contributed by atoms with Gasteiger partial charge < -0.3 is 20.9 Å². The third-order valence-corrected chi connectivity index (χ3v) is 4.71. The van der Waals surface area contributed by atoms with E-state index in [2.05, 4.69) is 29.4 Å². The smallest absolute Gasteiger partial charge is 0.314 e. The van der Waals surface area contributed by atoms with Crippen molar-refractivity contribution in [2.24, 2.45) is 5.73 Å². The summed E-state index contributed by atoms with van der Waals surface area (Å²) in [6, 6.07) is 9.75. The molecule has 3 N–H and O–H groups in total. The van der Waals surface area contributed by atoms with E-state index in [1.165, 1.54) is 17.5 Å². The Labute approximate surface area is 137 Å². The molecule has 6 heteroatoms. The Bertz CT molecular complexity index is 539. The molecule has 6 nitrogen and oxygen atoms in total. The zero-order chi connectivity index (χ0) is 16.9. The number of piperidine rings is 1. The van der Waals surface area contributed by atoms with E-state index < -0.39 is 6.03 Å². The molecule has 1 aliphatic rings. The van der Waals surface area contributed by atoms with Gasteiger partial charge in [-0.1, -0.05) is 30.3 Å². The molecule has 0 aliphatic carbocycles. The second-order valence-corrected chi connectivity index (χ2v) is 6.42. The van der Waals surface area contributed by atoms with E-state index in [9.17, 15) is 9.59 Å². The monoisotopic (exact) mass is 318 g/mol. The van der Waals surface area contributed by atoms with Gasteiger partial charge in [-0.05, 0) is 38.5 Å². The summed E-state index contributed by atoms with van der Waals surface area (Å²) in [4.78, 5) is 26.6. The van der Waals surface area contributed by atoms with Crippen molar-refractivity contribution in [1.82, 2.24) is 15.1 Å². The number of nitrogens with one attached hydrogen (secondary N) is 1. The summed E-state index contributed by atoms with van der Waals surface area (Å²) in [7, 11) is 3.64. The Hall–Kier alpha value is -2.08. The summed E-state index contributed by atoms with van der Waals surface area (Å²) in [5.74, 6) is -0.180. The van der Waals surface area contributed by atoms with Crippen LogP contribution in [0.3, 0.4) is 0 Å². The van der Waals surface area contributed by atoms with Crippen molar-refractivity contribution in [2.45, 2.75) is 18.3 Å². The molecule has 0 radical (unpaired) electrons. The maximum absolute atomic E-state index is 12.1. The number of nitrogens with two attached hydrogens (primary N) is 1. The molecule has 1 aliphatic heterocycles. The van der Waals surface area contributed by atoms with Crippen molar-refractivity contribution in [2.75, 3.05) is 40.3 Å². The summed E-state index contributed by atoms with van der Waals surface area (Å²) in [6.45, 7) is 2.58. The van der Waals surface area contributed by atoms with Gasteiger partial charge in [-0.2, -0.15) is 0 Å². The highest BCUT2D eigenvalue weighted by molar-refractivity contribution is 5.83. The van der Waals surface area contributed by atoms with E-state index in [4.69, 9.17) is 5.73 Å². The Morgan fingerprint density at radius 1 is 1.26 bits per heavy atom. The topological polar surface area (TPSA) is 78.7 Å². The fourth-order valence-corrected chi connectivity index (χ4v) is 3.02. The number of hydrogen-bond donors (Lipinski definition) is 2. The number of likely N-dealkylation sites (N-methyl/N-ethyl adjacent to an activating group) is 1. The molecule has 0 atom stereocenters. The number of rotatable bonds is 5. The lowest BCUT2D eigenvalue weighted by Crippen LogP contribution is -2.50. The van der Waals surface area contributed by atoms with Gasteiger partial charge >= 0.3 is 6.03 Å². The van der Waals surface area contributed by atoms with E-state index in [0.29, 0.717) is 6.54 Å². The number of carbonyl (C=O) groups is 2. The highest BCUT2D eigenvalue weighted by atomic mass is 16.2. The number of primary amides is 1. The third kappa shape index (κ3) is 4.45. The Morgan fingerprint density at radius 2 is 1.87 bits per heavy atom. The molecule has 0 bridgehead atoms. The number of benzene rings is 1. The molecule has 126 valence electrons. The summed E-state index contributed by atoms with van der Waals surface area (Å²) in [6.07, 6.45) is 2.00. The number of nitrogens with zero attached hydrogens (tertiary/aromatic N) is 2. The number of carbonyl (C=O) groups excluding carboxylic acids is 2. The van der Waals surface area contributed by atoms with Crippen LogP contribution in [0.25, 0.3) is 0 Å². The van der Waals surface area contributed by atoms with Gasteiger partial charge in [-0.25, -0.2) is 4.79 Å². The van der Waals surface area contributed by atoms with Crippen LogP contribution < -0.4 is 11.1 Å². The van der Waals surface area contributed by atoms with Gasteiger partial charge in [0.05, 0.1) is 0 Å². The molecule has 0 unspecified atom stereocenters. The molecule has 23 heavy (non-hydrogen) atoms. The first-order chi connectivity index (χ1) is 10.9. The molecule has 0 aromatic heterocycles. The highest BCUT2D eigenvalue weighted by Gasteiger charge is 2.35. The number of likely N-dealkylation sites (tertiary alicyclic amines) is 1. The maximum atomic E-state index is 12.1. The maximum Gasteiger partial charge on any atom is 0.314 e. The van der Waals surface area contributed by atoms with E-state index in [1.54, 1.807) is 0 Å². The lowest BCUT2D eigenvalue weighted by Gasteiger charge is -2.41. The number of amides is 3. The predicted octanol–water partition coefficient (Wildman–Crippen LogP) is 0.777. The molecule has 1 aromatic rings. The minimum absolute atomic E-state index is 0.0138. The van der Waals surface area contributed by atoms with Crippen LogP contribution in [0.2, 0.25) is 0 Å². The van der Waals surface area contributed by atoms with Gasteiger partial charge in [0, 0.05) is 19.0 Å². The average molecular weight is 318 g/mol. The number of urea groups is 1. The van der Waals surface area contributed by atoms with Crippen LogP contribution >= 0.6 is 0 Å². The molecule has 1 heterocycles. The van der Waals surface area contributed by atoms with Crippen LogP contribution in [0.1, 0.15) is 18.4 Å². The molecule has 2 rings (SSSR count). The van der Waals surface area contributed by atoms with Gasteiger partial charge in [0.25, 0.3) is 0 Å². The highest BCUT2D eigenvalue weighted by Crippen LogP contribution is 2.34. The fourth-order valence-electron chi connectivity index (χ4n) is 3.02. The van der Waals surface area contributed by atoms with Crippen molar-refractivity contribution in [3.8, 4) is 0 Å². The summed E-state index contributed by atoms with van der Waals surface area (Å²) >= 11 is 0. The standard InChI is InChI=1S/C17H26N4O2/c1-20-10-8-17(9-11-20,14-6-4-3-5-7-14)13-19-15(22)12-21(2)16(18)23/h3-7H,8-13H2,1-2H3,(H2,18,23)(H,19,22). The first-order valence-corrected chi connectivity index (χ1v) is 7.94. The molecule has 1 saturated heterocycles. The normalized spacial score (nSPS) is 17.5. The van der Waals surface area contributed by atoms with E-state index in [-0.39, 0.29) is 17.9 Å². The first-order valence-electron chi connectivity index (χ1n) is 7.94. The third-order valence-electron chi connectivity index (χ3n) is 4.71. The van der Waals surface area contributed by atoms with Gasteiger partial charge in [0.2, 0.25) is 5.91 Å². The van der Waals surface area contributed by atoms with Crippen LogP contribution in [0, 0.1) is 0 Å². The molecule has 0 spiro atoms.